The summed E-state index contributed by atoms with van der Waals surface area (Å²) in [6.07, 6.45) is 1.60. The molecule has 2 atom stereocenters. The van der Waals surface area contributed by atoms with E-state index < -0.39 is 0 Å². The molecule has 0 spiro atoms. The van der Waals surface area contributed by atoms with Gasteiger partial charge in [-0.2, -0.15) is 5.10 Å². The number of aryl methyl sites for hydroxylation is 1. The van der Waals surface area contributed by atoms with Crippen LogP contribution in [-0.4, -0.2) is 30.1 Å². The minimum atomic E-state index is -0.192. The topological polar surface area (TPSA) is 74.3 Å². The van der Waals surface area contributed by atoms with Crippen LogP contribution < -0.4 is 16.0 Å². The van der Waals surface area contributed by atoms with Crippen LogP contribution in [0.4, 0.5) is 0 Å². The van der Waals surface area contributed by atoms with E-state index in [0.717, 1.165) is 18.0 Å². The van der Waals surface area contributed by atoms with Gasteiger partial charge in [-0.1, -0.05) is 20.8 Å². The van der Waals surface area contributed by atoms with E-state index in [4.69, 9.17) is 15.3 Å². The molecule has 2 unspecified atom stereocenters. The van der Waals surface area contributed by atoms with E-state index in [1.807, 2.05) is 11.6 Å². The Kier molecular flexibility index (Phi) is 5.34. The zero-order chi connectivity index (χ0) is 14.6. The van der Waals surface area contributed by atoms with Crippen LogP contribution in [0, 0.1) is 5.41 Å². The van der Waals surface area contributed by atoms with Gasteiger partial charge in [0.05, 0.1) is 25.5 Å². The fourth-order valence-electron chi connectivity index (χ4n) is 2.40. The van der Waals surface area contributed by atoms with Crippen LogP contribution in [0.25, 0.3) is 0 Å². The molecule has 1 rings (SSSR count). The molecule has 6 nitrogen and oxygen atoms in total. The third-order valence-electron chi connectivity index (χ3n) is 3.25. The lowest BCUT2D eigenvalue weighted by atomic mass is 9.83. The van der Waals surface area contributed by atoms with Crippen molar-refractivity contribution in [2.45, 2.75) is 46.4 Å². The van der Waals surface area contributed by atoms with Gasteiger partial charge in [0, 0.05) is 13.7 Å². The molecule has 1 aromatic rings. The number of hydrazine groups is 1. The van der Waals surface area contributed by atoms with Crippen molar-refractivity contribution in [1.82, 2.24) is 15.2 Å². The van der Waals surface area contributed by atoms with E-state index in [1.165, 1.54) is 0 Å². The minimum Gasteiger partial charge on any atom is -0.493 e. The highest BCUT2D eigenvalue weighted by atomic mass is 16.5. The van der Waals surface area contributed by atoms with Crippen LogP contribution in [0.1, 0.15) is 39.4 Å². The molecule has 110 valence electrons. The van der Waals surface area contributed by atoms with E-state index in [0.29, 0.717) is 0 Å². The molecule has 0 fully saturated rings. The third kappa shape index (κ3) is 3.26. The van der Waals surface area contributed by atoms with E-state index in [-0.39, 0.29) is 17.6 Å². The molecule has 0 bridgehead atoms. The molecule has 0 aliphatic rings. The summed E-state index contributed by atoms with van der Waals surface area (Å²) < 4.78 is 12.9. The summed E-state index contributed by atoms with van der Waals surface area (Å²) >= 11 is 0. The van der Waals surface area contributed by atoms with Crippen molar-refractivity contribution in [1.29, 1.82) is 0 Å². The van der Waals surface area contributed by atoms with E-state index >= 15 is 0 Å². The number of hydrogen-bond acceptors (Lipinski definition) is 5. The molecule has 0 aromatic carbocycles. The summed E-state index contributed by atoms with van der Waals surface area (Å²) in [7, 11) is 3.33. The van der Waals surface area contributed by atoms with Crippen molar-refractivity contribution in [3.05, 3.63) is 11.9 Å². The zero-order valence-corrected chi connectivity index (χ0v) is 12.7. The first-order valence-electron chi connectivity index (χ1n) is 6.49. The predicted octanol–water partition coefficient (Wildman–Crippen LogP) is 1.48. The zero-order valence-electron chi connectivity index (χ0n) is 12.7. The number of nitrogens with two attached hydrogens (primary N) is 1. The lowest BCUT2D eigenvalue weighted by Gasteiger charge is -2.35. The fraction of sp³-hybridized carbons (Fsp3) is 0.769. The molecule has 0 aliphatic carbocycles. The molecule has 0 aliphatic heterocycles. The number of methoxy groups -OCH3 is 2. The summed E-state index contributed by atoms with van der Waals surface area (Å²) in [6.45, 7) is 9.12. The van der Waals surface area contributed by atoms with Crippen molar-refractivity contribution in [3.8, 4) is 5.75 Å². The maximum Gasteiger partial charge on any atom is 0.161 e. The Morgan fingerprint density at radius 2 is 2.05 bits per heavy atom. The van der Waals surface area contributed by atoms with E-state index in [1.54, 1.807) is 20.4 Å². The van der Waals surface area contributed by atoms with Crippen LogP contribution in [-0.2, 0) is 11.3 Å². The normalized spacial score (nSPS) is 15.3. The molecule has 0 saturated heterocycles. The predicted molar refractivity (Wildman–Crippen MR) is 74.8 cm³/mol. The molecule has 0 radical (unpaired) electrons. The van der Waals surface area contributed by atoms with Gasteiger partial charge in [0.25, 0.3) is 0 Å². The standard InChI is InChI=1S/C13H26N4O2/c1-7-17-11(9(18-5)8-15-17)10(16-14)12(19-6)13(2,3)4/h8,10,12,16H,7,14H2,1-6H3. The fourth-order valence-corrected chi connectivity index (χ4v) is 2.40. The summed E-state index contributed by atoms with van der Waals surface area (Å²) in [5.41, 5.74) is 3.69. The summed E-state index contributed by atoms with van der Waals surface area (Å²) in [5, 5.41) is 4.31. The van der Waals surface area contributed by atoms with Gasteiger partial charge in [-0.15, -0.1) is 0 Å². The Hall–Kier alpha value is -1.11. The summed E-state index contributed by atoms with van der Waals surface area (Å²) in [4.78, 5) is 0. The highest BCUT2D eigenvalue weighted by molar-refractivity contribution is 5.29. The number of rotatable bonds is 6. The second-order valence-corrected chi connectivity index (χ2v) is 5.58. The molecule has 1 aromatic heterocycles. The van der Waals surface area contributed by atoms with Crippen molar-refractivity contribution < 1.29 is 9.47 Å². The molecular formula is C13H26N4O2. The van der Waals surface area contributed by atoms with Gasteiger partial charge in [0.1, 0.15) is 5.69 Å². The highest BCUT2D eigenvalue weighted by Crippen LogP contribution is 2.35. The molecule has 6 heteroatoms. The van der Waals surface area contributed by atoms with Gasteiger partial charge < -0.3 is 9.47 Å². The van der Waals surface area contributed by atoms with E-state index in [9.17, 15) is 0 Å². The highest BCUT2D eigenvalue weighted by Gasteiger charge is 2.36. The lowest BCUT2D eigenvalue weighted by molar-refractivity contribution is -0.0145. The Morgan fingerprint density at radius 1 is 1.42 bits per heavy atom. The second kappa shape index (κ2) is 6.36. The Morgan fingerprint density at radius 3 is 2.42 bits per heavy atom. The average Bonchev–Trinajstić information content (AvgIpc) is 2.76. The van der Waals surface area contributed by atoms with Gasteiger partial charge in [0.2, 0.25) is 0 Å². The minimum absolute atomic E-state index is 0.0698. The maximum atomic E-state index is 5.76. The first-order valence-corrected chi connectivity index (χ1v) is 6.49. The van der Waals surface area contributed by atoms with Crippen LogP contribution in [0.15, 0.2) is 6.20 Å². The molecule has 3 N–H and O–H groups in total. The van der Waals surface area contributed by atoms with E-state index in [2.05, 4.69) is 31.3 Å². The number of nitrogens with one attached hydrogen (secondary N) is 1. The van der Waals surface area contributed by atoms with Gasteiger partial charge in [-0.05, 0) is 12.3 Å². The quantitative estimate of drug-likeness (QED) is 0.605. The lowest BCUT2D eigenvalue weighted by Crippen LogP contribution is -2.45. The van der Waals surface area contributed by atoms with Crippen LogP contribution in [0.2, 0.25) is 0 Å². The summed E-state index contributed by atoms with van der Waals surface area (Å²) in [5.74, 6) is 6.48. The SMILES string of the molecule is CCn1ncc(OC)c1C(NN)C(OC)C(C)(C)C. The van der Waals surface area contributed by atoms with Crippen molar-refractivity contribution in [3.63, 3.8) is 0 Å². The van der Waals surface area contributed by atoms with Gasteiger partial charge in [-0.25, -0.2) is 5.43 Å². The maximum absolute atomic E-state index is 5.76. The van der Waals surface area contributed by atoms with Gasteiger partial charge in [0.15, 0.2) is 5.75 Å². The number of nitrogens with zero attached hydrogens (tertiary/aromatic N) is 2. The third-order valence-corrected chi connectivity index (χ3v) is 3.25. The largest absolute Gasteiger partial charge is 0.493 e. The van der Waals surface area contributed by atoms with Crippen LogP contribution >= 0.6 is 0 Å². The number of aromatic nitrogens is 2. The van der Waals surface area contributed by atoms with Crippen molar-refractivity contribution in [2.75, 3.05) is 14.2 Å². The van der Waals surface area contributed by atoms with Crippen LogP contribution in [0.3, 0.4) is 0 Å². The van der Waals surface area contributed by atoms with Crippen molar-refractivity contribution >= 4 is 0 Å². The number of ether oxygens (including phenoxy) is 2. The Balaban J connectivity index is 3.25. The smallest absolute Gasteiger partial charge is 0.161 e. The summed E-state index contributed by atoms with van der Waals surface area (Å²) in [6, 6.07) is -0.192. The first kappa shape index (κ1) is 15.9. The monoisotopic (exact) mass is 270 g/mol. The molecule has 0 amide bonds. The number of hydrogen-bond donors (Lipinski definition) is 2. The molecule has 1 heterocycles. The molecule has 19 heavy (non-hydrogen) atoms. The van der Waals surface area contributed by atoms with Gasteiger partial charge >= 0.3 is 0 Å². The molecular weight excluding hydrogens is 244 g/mol. The first-order chi connectivity index (χ1) is 8.90. The van der Waals surface area contributed by atoms with Gasteiger partial charge in [-0.3, -0.25) is 10.5 Å². The van der Waals surface area contributed by atoms with Crippen molar-refractivity contribution in [2.24, 2.45) is 11.3 Å². The van der Waals surface area contributed by atoms with Crippen LogP contribution in [0.5, 0.6) is 5.75 Å². The Bertz CT molecular complexity index is 376. The molecule has 0 saturated carbocycles. The second-order valence-electron chi connectivity index (χ2n) is 5.58. The average molecular weight is 270 g/mol. The Labute approximate surface area is 115 Å².